The molecule has 0 bridgehead atoms. The minimum Gasteiger partial charge on any atom is -0.481 e. The molecule has 0 radical (unpaired) electrons. The minimum atomic E-state index is -0.899. The van der Waals surface area contributed by atoms with Crippen LogP contribution in [-0.2, 0) is 11.2 Å². The van der Waals surface area contributed by atoms with Crippen LogP contribution in [0.5, 0.6) is 0 Å². The number of hydrogen-bond acceptors (Lipinski definition) is 4. The Morgan fingerprint density at radius 3 is 2.85 bits per heavy atom. The number of pyridine rings is 1. The maximum absolute atomic E-state index is 10.7. The molecule has 0 fully saturated rings. The zero-order valence-electron chi connectivity index (χ0n) is 10.8. The fourth-order valence-corrected chi connectivity index (χ4v) is 2.07. The molecule has 0 spiro atoms. The van der Waals surface area contributed by atoms with Crippen molar-refractivity contribution >= 4 is 11.6 Å². The first-order chi connectivity index (χ1) is 9.63. The van der Waals surface area contributed by atoms with Crippen LogP contribution in [0.15, 0.2) is 36.7 Å². The lowest BCUT2D eigenvalue weighted by Gasteiger charge is -2.03. The van der Waals surface area contributed by atoms with Crippen molar-refractivity contribution in [1.29, 1.82) is 0 Å². The van der Waals surface area contributed by atoms with Gasteiger partial charge < -0.3 is 5.11 Å². The highest BCUT2D eigenvalue weighted by atomic mass is 16.4. The fourth-order valence-electron chi connectivity index (χ4n) is 2.07. The number of nitrogens with zero attached hydrogens (tertiary/aromatic N) is 4. The number of fused-ring (bicyclic) bond motifs is 1. The Bertz CT molecular complexity index is 780. The topological polar surface area (TPSA) is 80.4 Å². The molecule has 0 saturated heterocycles. The van der Waals surface area contributed by atoms with Crippen LogP contribution in [0.25, 0.3) is 17.0 Å². The Balaban J connectivity index is 2.11. The van der Waals surface area contributed by atoms with Gasteiger partial charge in [0.2, 0.25) is 0 Å². The number of carboxylic acid groups (broad SMARTS) is 1. The third kappa shape index (κ3) is 2.23. The molecule has 6 nitrogen and oxygen atoms in total. The van der Waals surface area contributed by atoms with Crippen molar-refractivity contribution in [2.24, 2.45) is 0 Å². The number of aryl methyl sites for hydroxylation is 1. The number of rotatable bonds is 3. The van der Waals surface area contributed by atoms with Crippen LogP contribution < -0.4 is 0 Å². The highest BCUT2D eigenvalue weighted by Crippen LogP contribution is 2.17. The van der Waals surface area contributed by atoms with Crippen molar-refractivity contribution in [2.45, 2.75) is 13.3 Å². The van der Waals surface area contributed by atoms with Crippen molar-refractivity contribution in [2.75, 3.05) is 0 Å². The van der Waals surface area contributed by atoms with E-state index in [9.17, 15) is 4.79 Å². The summed E-state index contributed by atoms with van der Waals surface area (Å²) in [7, 11) is 0. The van der Waals surface area contributed by atoms with Crippen molar-refractivity contribution in [1.82, 2.24) is 19.4 Å². The number of aromatic nitrogens is 4. The molecule has 0 aromatic carbocycles. The van der Waals surface area contributed by atoms with Crippen molar-refractivity contribution in [3.8, 4) is 11.4 Å². The summed E-state index contributed by atoms with van der Waals surface area (Å²) >= 11 is 0. The van der Waals surface area contributed by atoms with Gasteiger partial charge in [-0.15, -0.1) is 0 Å². The second-order valence-electron chi connectivity index (χ2n) is 4.43. The Morgan fingerprint density at radius 1 is 1.30 bits per heavy atom. The minimum absolute atomic E-state index is 0.0972. The van der Waals surface area contributed by atoms with Crippen molar-refractivity contribution < 1.29 is 9.90 Å². The van der Waals surface area contributed by atoms with E-state index < -0.39 is 5.97 Å². The molecule has 0 saturated carbocycles. The largest absolute Gasteiger partial charge is 0.481 e. The molecule has 3 aromatic heterocycles. The quantitative estimate of drug-likeness (QED) is 0.782. The van der Waals surface area contributed by atoms with Gasteiger partial charge in [-0.3, -0.25) is 14.2 Å². The van der Waals surface area contributed by atoms with Crippen LogP contribution in [0.4, 0.5) is 0 Å². The fraction of sp³-hybridized carbons (Fsp3) is 0.143. The Morgan fingerprint density at radius 2 is 2.15 bits per heavy atom. The van der Waals surface area contributed by atoms with Crippen LogP contribution in [-0.4, -0.2) is 30.4 Å². The van der Waals surface area contributed by atoms with Gasteiger partial charge >= 0.3 is 5.97 Å². The summed E-state index contributed by atoms with van der Waals surface area (Å²) in [5.41, 5.74) is 2.68. The maximum Gasteiger partial charge on any atom is 0.309 e. The van der Waals surface area contributed by atoms with Gasteiger partial charge in [0.1, 0.15) is 11.5 Å². The van der Waals surface area contributed by atoms with Gasteiger partial charge in [-0.2, -0.15) is 0 Å². The third-order valence-corrected chi connectivity index (χ3v) is 2.94. The SMILES string of the molecule is Cc1nc(-c2ccccn2)cc2nc(CC(=O)O)cn12. The molecule has 0 atom stereocenters. The lowest BCUT2D eigenvalue weighted by Crippen LogP contribution is -1.99. The van der Waals surface area contributed by atoms with Gasteiger partial charge in [-0.25, -0.2) is 9.97 Å². The normalized spacial score (nSPS) is 10.8. The standard InChI is InChI=1S/C14H12N4O2/c1-9-16-12(11-4-2-3-5-15-11)7-13-17-10(6-14(19)20)8-18(9)13/h2-5,7-8H,6H2,1H3,(H,19,20). The summed E-state index contributed by atoms with van der Waals surface area (Å²) in [6.45, 7) is 1.85. The second kappa shape index (κ2) is 4.73. The first kappa shape index (κ1) is 12.3. The van der Waals surface area contributed by atoms with E-state index in [1.807, 2.05) is 25.1 Å². The van der Waals surface area contributed by atoms with Crippen molar-refractivity contribution in [3.63, 3.8) is 0 Å². The van der Waals surface area contributed by atoms with Crippen LogP contribution in [0.2, 0.25) is 0 Å². The van der Waals surface area contributed by atoms with E-state index in [2.05, 4.69) is 15.0 Å². The lowest BCUT2D eigenvalue weighted by molar-refractivity contribution is -0.136. The molecule has 0 aliphatic rings. The highest BCUT2D eigenvalue weighted by Gasteiger charge is 2.10. The number of aliphatic carboxylic acids is 1. The first-order valence-electron chi connectivity index (χ1n) is 6.12. The number of carboxylic acids is 1. The van der Waals surface area contributed by atoms with Gasteiger partial charge in [0.05, 0.1) is 23.5 Å². The summed E-state index contributed by atoms with van der Waals surface area (Å²) in [5, 5.41) is 8.82. The molecular formula is C14H12N4O2. The molecule has 3 heterocycles. The van der Waals surface area contributed by atoms with Gasteiger partial charge in [0.15, 0.2) is 0 Å². The van der Waals surface area contributed by atoms with E-state index in [4.69, 9.17) is 5.11 Å². The van der Waals surface area contributed by atoms with E-state index in [1.54, 1.807) is 22.9 Å². The second-order valence-corrected chi connectivity index (χ2v) is 4.43. The molecule has 1 N–H and O–H groups in total. The molecule has 0 unspecified atom stereocenters. The predicted molar refractivity (Wildman–Crippen MR) is 72.3 cm³/mol. The van der Waals surface area contributed by atoms with Gasteiger partial charge in [-0.1, -0.05) is 6.07 Å². The zero-order valence-corrected chi connectivity index (χ0v) is 10.8. The number of imidazole rings is 1. The average Bonchev–Trinajstić information content (AvgIpc) is 2.82. The predicted octanol–water partition coefficient (Wildman–Crippen LogP) is 1.73. The molecule has 0 aliphatic heterocycles. The third-order valence-electron chi connectivity index (χ3n) is 2.94. The zero-order chi connectivity index (χ0) is 14.1. The van der Waals surface area contributed by atoms with Gasteiger partial charge in [0, 0.05) is 18.5 Å². The maximum atomic E-state index is 10.7. The van der Waals surface area contributed by atoms with Crippen molar-refractivity contribution in [3.05, 3.63) is 48.2 Å². The summed E-state index contributed by atoms with van der Waals surface area (Å²) in [6, 6.07) is 7.42. The van der Waals surface area contributed by atoms with Crippen LogP contribution >= 0.6 is 0 Å². The Hall–Kier alpha value is -2.76. The summed E-state index contributed by atoms with van der Waals surface area (Å²) in [5.74, 6) is -0.156. The smallest absolute Gasteiger partial charge is 0.309 e. The molecule has 3 aromatic rings. The van der Waals surface area contributed by atoms with E-state index >= 15 is 0 Å². The van der Waals surface area contributed by atoms with Gasteiger partial charge in [-0.05, 0) is 19.1 Å². The highest BCUT2D eigenvalue weighted by molar-refractivity contribution is 5.70. The molecule has 0 aliphatic carbocycles. The van der Waals surface area contributed by atoms with E-state index in [1.165, 1.54) is 0 Å². The van der Waals surface area contributed by atoms with Gasteiger partial charge in [0.25, 0.3) is 0 Å². The summed E-state index contributed by atoms with van der Waals surface area (Å²) in [4.78, 5) is 23.8. The summed E-state index contributed by atoms with van der Waals surface area (Å²) < 4.78 is 1.78. The van der Waals surface area contributed by atoms with E-state index in [0.29, 0.717) is 11.3 Å². The van der Waals surface area contributed by atoms with Crippen LogP contribution in [0.1, 0.15) is 11.5 Å². The average molecular weight is 268 g/mol. The van der Waals surface area contributed by atoms with E-state index in [0.717, 1.165) is 17.2 Å². The Labute approximate surface area is 114 Å². The first-order valence-corrected chi connectivity index (χ1v) is 6.12. The van der Waals surface area contributed by atoms with E-state index in [-0.39, 0.29) is 6.42 Å². The van der Waals surface area contributed by atoms with Crippen LogP contribution in [0.3, 0.4) is 0 Å². The lowest BCUT2D eigenvalue weighted by atomic mass is 10.2. The monoisotopic (exact) mass is 268 g/mol. The molecule has 3 rings (SSSR count). The molecule has 0 amide bonds. The molecular weight excluding hydrogens is 256 g/mol. The molecule has 6 heteroatoms. The number of hydrogen-bond donors (Lipinski definition) is 1. The van der Waals surface area contributed by atoms with Crippen LogP contribution in [0, 0.1) is 6.92 Å². The molecule has 20 heavy (non-hydrogen) atoms. The number of carbonyl (C=O) groups is 1. The summed E-state index contributed by atoms with van der Waals surface area (Å²) in [6.07, 6.45) is 3.31. The Kier molecular flexibility index (Phi) is 2.90. The molecule has 100 valence electrons.